The van der Waals surface area contributed by atoms with Gasteiger partial charge in [0.25, 0.3) is 0 Å². The molecule has 0 aromatic carbocycles. The lowest BCUT2D eigenvalue weighted by Crippen LogP contribution is -2.41. The Bertz CT molecular complexity index is 249. The summed E-state index contributed by atoms with van der Waals surface area (Å²) in [7, 11) is 4.14. The minimum Gasteiger partial charge on any atom is -0.313 e. The second kappa shape index (κ2) is 3.54. The van der Waals surface area contributed by atoms with E-state index in [2.05, 4.69) is 29.4 Å². The molecular formula is C11H21N3. The van der Waals surface area contributed by atoms with E-state index in [0.717, 1.165) is 12.5 Å². The van der Waals surface area contributed by atoms with Gasteiger partial charge < -0.3 is 10.3 Å². The summed E-state index contributed by atoms with van der Waals surface area (Å²) in [5.41, 5.74) is 4.82. The Balaban J connectivity index is 2.11. The van der Waals surface area contributed by atoms with Crippen LogP contribution < -0.4 is 5.43 Å². The Morgan fingerprint density at radius 2 is 2.29 bits per heavy atom. The van der Waals surface area contributed by atoms with Crippen molar-refractivity contribution in [3.8, 4) is 0 Å². The zero-order valence-corrected chi connectivity index (χ0v) is 9.51. The minimum atomic E-state index is 0.557. The topological polar surface area (TPSA) is 27.6 Å². The SMILES string of the molecule is CN/N=C1\CC[C@@]2(C)CCN(C)C2C1. The van der Waals surface area contributed by atoms with Crippen LogP contribution in [0, 0.1) is 5.41 Å². The number of hydrogen-bond donors (Lipinski definition) is 1. The zero-order valence-electron chi connectivity index (χ0n) is 9.51. The highest BCUT2D eigenvalue weighted by Gasteiger charge is 2.44. The van der Waals surface area contributed by atoms with Crippen LogP contribution in [0.5, 0.6) is 0 Å². The Labute approximate surface area is 86.6 Å². The smallest absolute Gasteiger partial charge is 0.0394 e. The Kier molecular flexibility index (Phi) is 2.52. The van der Waals surface area contributed by atoms with Crippen molar-refractivity contribution < 1.29 is 0 Å². The molecule has 1 heterocycles. The summed E-state index contributed by atoms with van der Waals surface area (Å²) >= 11 is 0. The molecule has 1 saturated carbocycles. The molecule has 3 nitrogen and oxygen atoms in total. The van der Waals surface area contributed by atoms with Crippen molar-refractivity contribution in [2.24, 2.45) is 10.5 Å². The number of rotatable bonds is 1. The largest absolute Gasteiger partial charge is 0.313 e. The summed E-state index contributed by atoms with van der Waals surface area (Å²) in [5.74, 6) is 0. The molecule has 2 fully saturated rings. The van der Waals surface area contributed by atoms with Crippen molar-refractivity contribution in [2.75, 3.05) is 20.6 Å². The highest BCUT2D eigenvalue weighted by Crippen LogP contribution is 2.44. The Morgan fingerprint density at radius 1 is 1.50 bits per heavy atom. The molecule has 0 bridgehead atoms. The van der Waals surface area contributed by atoms with Crippen LogP contribution in [0.25, 0.3) is 0 Å². The Hall–Kier alpha value is -0.570. The number of likely N-dealkylation sites (tertiary alicyclic amines) is 1. The predicted molar refractivity (Wildman–Crippen MR) is 59.5 cm³/mol. The van der Waals surface area contributed by atoms with Crippen molar-refractivity contribution in [3.05, 3.63) is 0 Å². The van der Waals surface area contributed by atoms with Crippen molar-refractivity contribution in [1.82, 2.24) is 10.3 Å². The summed E-state index contributed by atoms with van der Waals surface area (Å²) < 4.78 is 0. The predicted octanol–water partition coefficient (Wildman–Crippen LogP) is 1.46. The van der Waals surface area contributed by atoms with E-state index in [9.17, 15) is 0 Å². The third-order valence-electron chi connectivity index (χ3n) is 4.06. The molecule has 80 valence electrons. The molecule has 0 radical (unpaired) electrons. The lowest BCUT2D eigenvalue weighted by Gasteiger charge is -2.38. The molecule has 1 aliphatic carbocycles. The molecule has 1 aliphatic heterocycles. The van der Waals surface area contributed by atoms with Gasteiger partial charge in [0.1, 0.15) is 0 Å². The second-order valence-corrected chi connectivity index (χ2v) is 5.01. The van der Waals surface area contributed by atoms with Gasteiger partial charge in [0.05, 0.1) is 0 Å². The summed E-state index contributed by atoms with van der Waals surface area (Å²) in [6.45, 7) is 3.70. The lowest BCUT2D eigenvalue weighted by atomic mass is 9.71. The summed E-state index contributed by atoms with van der Waals surface area (Å²) in [6.07, 6.45) is 5.01. The number of nitrogens with zero attached hydrogens (tertiary/aromatic N) is 2. The molecule has 1 N–H and O–H groups in total. The van der Waals surface area contributed by atoms with Gasteiger partial charge >= 0.3 is 0 Å². The molecule has 0 amide bonds. The van der Waals surface area contributed by atoms with E-state index in [1.165, 1.54) is 31.5 Å². The molecular weight excluding hydrogens is 174 g/mol. The fourth-order valence-electron chi connectivity index (χ4n) is 2.99. The van der Waals surface area contributed by atoms with Crippen molar-refractivity contribution in [3.63, 3.8) is 0 Å². The van der Waals surface area contributed by atoms with Gasteiger partial charge in [0, 0.05) is 25.2 Å². The summed E-state index contributed by atoms with van der Waals surface area (Å²) in [6, 6.07) is 0.725. The van der Waals surface area contributed by atoms with Gasteiger partial charge in [0.2, 0.25) is 0 Å². The third kappa shape index (κ3) is 1.54. The van der Waals surface area contributed by atoms with Gasteiger partial charge in [-0.05, 0) is 38.3 Å². The summed E-state index contributed by atoms with van der Waals surface area (Å²) in [4.78, 5) is 2.50. The number of fused-ring (bicyclic) bond motifs is 1. The van der Waals surface area contributed by atoms with Crippen LogP contribution in [-0.4, -0.2) is 37.3 Å². The third-order valence-corrected chi connectivity index (χ3v) is 4.06. The fourth-order valence-corrected chi connectivity index (χ4v) is 2.99. The maximum atomic E-state index is 4.35. The van der Waals surface area contributed by atoms with Gasteiger partial charge in [0.15, 0.2) is 0 Å². The van der Waals surface area contributed by atoms with E-state index in [-0.39, 0.29) is 0 Å². The van der Waals surface area contributed by atoms with E-state index >= 15 is 0 Å². The standard InChI is InChI=1S/C11H21N3/c1-11-5-4-9(13-12-2)8-10(11)14(3)7-6-11/h10,12H,4-8H2,1-3H3/b13-9+/t10?,11-/m0/s1. The van der Waals surface area contributed by atoms with Crippen LogP contribution in [0.4, 0.5) is 0 Å². The quantitative estimate of drug-likeness (QED) is 0.641. The van der Waals surface area contributed by atoms with Crippen molar-refractivity contribution >= 4 is 5.71 Å². The van der Waals surface area contributed by atoms with Gasteiger partial charge in [-0.15, -0.1) is 0 Å². The minimum absolute atomic E-state index is 0.557. The van der Waals surface area contributed by atoms with Gasteiger partial charge in [-0.25, -0.2) is 0 Å². The first-order chi connectivity index (χ1) is 6.65. The molecule has 1 saturated heterocycles. The van der Waals surface area contributed by atoms with Crippen LogP contribution in [0.15, 0.2) is 5.10 Å². The molecule has 2 aliphatic rings. The number of hydrogen-bond acceptors (Lipinski definition) is 3. The van der Waals surface area contributed by atoms with Crippen LogP contribution in [0.2, 0.25) is 0 Å². The molecule has 0 aromatic rings. The second-order valence-electron chi connectivity index (χ2n) is 5.01. The van der Waals surface area contributed by atoms with E-state index in [4.69, 9.17) is 0 Å². The van der Waals surface area contributed by atoms with Crippen LogP contribution in [0.3, 0.4) is 0 Å². The van der Waals surface area contributed by atoms with E-state index in [1.54, 1.807) is 0 Å². The first kappa shape index (κ1) is 9.97. The summed E-state index contributed by atoms with van der Waals surface area (Å²) in [5, 5.41) is 4.35. The highest BCUT2D eigenvalue weighted by atomic mass is 15.3. The molecule has 3 heteroatoms. The monoisotopic (exact) mass is 195 g/mol. The fraction of sp³-hybridized carbons (Fsp3) is 0.909. The zero-order chi connectivity index (χ0) is 10.2. The normalized spacial score (nSPS) is 41.4. The van der Waals surface area contributed by atoms with Gasteiger partial charge in [-0.1, -0.05) is 6.92 Å². The molecule has 14 heavy (non-hydrogen) atoms. The van der Waals surface area contributed by atoms with Gasteiger partial charge in [-0.2, -0.15) is 5.10 Å². The first-order valence-electron chi connectivity index (χ1n) is 5.58. The molecule has 2 rings (SSSR count). The van der Waals surface area contributed by atoms with Crippen LogP contribution >= 0.6 is 0 Å². The van der Waals surface area contributed by atoms with Crippen LogP contribution in [0.1, 0.15) is 32.6 Å². The molecule has 1 unspecified atom stereocenters. The average molecular weight is 195 g/mol. The van der Waals surface area contributed by atoms with Crippen molar-refractivity contribution in [2.45, 2.75) is 38.6 Å². The first-order valence-corrected chi connectivity index (χ1v) is 5.58. The average Bonchev–Trinajstić information content (AvgIpc) is 2.45. The van der Waals surface area contributed by atoms with Crippen LogP contribution in [-0.2, 0) is 0 Å². The molecule has 0 spiro atoms. The van der Waals surface area contributed by atoms with E-state index < -0.39 is 0 Å². The van der Waals surface area contributed by atoms with Crippen molar-refractivity contribution in [1.29, 1.82) is 0 Å². The Morgan fingerprint density at radius 3 is 3.00 bits per heavy atom. The maximum Gasteiger partial charge on any atom is 0.0394 e. The number of hydrazone groups is 1. The lowest BCUT2D eigenvalue weighted by molar-refractivity contribution is 0.176. The van der Waals surface area contributed by atoms with E-state index in [1.807, 2.05) is 7.05 Å². The molecule has 0 aromatic heterocycles. The molecule has 2 atom stereocenters. The van der Waals surface area contributed by atoms with Gasteiger partial charge in [-0.3, -0.25) is 0 Å². The highest BCUT2D eigenvalue weighted by molar-refractivity contribution is 5.85. The maximum absolute atomic E-state index is 4.35. The van der Waals surface area contributed by atoms with E-state index in [0.29, 0.717) is 5.41 Å². The number of nitrogens with one attached hydrogen (secondary N) is 1.